The van der Waals surface area contributed by atoms with Gasteiger partial charge < -0.3 is 10.0 Å². The standard InChI is InChI=1S/C12H25NO/c1-2-3-4-5-6-7-8-13-9-12(10-13)11-14/h12,14H,2-11H2,1H3. The maximum Gasteiger partial charge on any atom is 0.0483 e. The third-order valence-corrected chi connectivity index (χ3v) is 3.12. The minimum absolute atomic E-state index is 0.382. The van der Waals surface area contributed by atoms with Crippen LogP contribution in [0.1, 0.15) is 45.4 Å². The van der Waals surface area contributed by atoms with Crippen molar-refractivity contribution in [3.05, 3.63) is 0 Å². The predicted octanol–water partition coefficient (Wildman–Crippen LogP) is 2.27. The Morgan fingerprint density at radius 2 is 1.71 bits per heavy atom. The highest BCUT2D eigenvalue weighted by molar-refractivity contribution is 4.78. The van der Waals surface area contributed by atoms with Gasteiger partial charge in [0.2, 0.25) is 0 Å². The molecule has 0 aliphatic carbocycles. The van der Waals surface area contributed by atoms with Gasteiger partial charge in [0.1, 0.15) is 0 Å². The van der Waals surface area contributed by atoms with E-state index in [4.69, 9.17) is 5.11 Å². The number of aliphatic hydroxyl groups excluding tert-OH is 1. The van der Waals surface area contributed by atoms with Crippen molar-refractivity contribution >= 4 is 0 Å². The Balaban J connectivity index is 1.77. The lowest BCUT2D eigenvalue weighted by Gasteiger charge is -2.38. The summed E-state index contributed by atoms with van der Waals surface area (Å²) in [4.78, 5) is 2.46. The molecule has 0 amide bonds. The van der Waals surface area contributed by atoms with Gasteiger partial charge in [0.15, 0.2) is 0 Å². The lowest BCUT2D eigenvalue weighted by atomic mass is 10.0. The Morgan fingerprint density at radius 3 is 2.36 bits per heavy atom. The lowest BCUT2D eigenvalue weighted by molar-refractivity contribution is 0.0527. The van der Waals surface area contributed by atoms with E-state index in [1.165, 1.54) is 45.1 Å². The molecule has 1 saturated heterocycles. The zero-order valence-corrected chi connectivity index (χ0v) is 9.54. The Labute approximate surface area is 88.3 Å². The summed E-state index contributed by atoms with van der Waals surface area (Å²) in [5.41, 5.74) is 0. The molecule has 0 saturated carbocycles. The molecule has 2 nitrogen and oxygen atoms in total. The third-order valence-electron chi connectivity index (χ3n) is 3.12. The van der Waals surface area contributed by atoms with Gasteiger partial charge >= 0.3 is 0 Å². The highest BCUT2D eigenvalue weighted by Gasteiger charge is 2.24. The molecule has 0 spiro atoms. The van der Waals surface area contributed by atoms with Gasteiger partial charge in [-0.3, -0.25) is 0 Å². The zero-order chi connectivity index (χ0) is 10.2. The summed E-state index contributed by atoms with van der Waals surface area (Å²) in [6.07, 6.45) is 8.30. The predicted molar refractivity (Wildman–Crippen MR) is 60.4 cm³/mol. The molecule has 0 unspecified atom stereocenters. The molecule has 0 atom stereocenters. The Kier molecular flexibility index (Phi) is 6.20. The highest BCUT2D eigenvalue weighted by atomic mass is 16.3. The van der Waals surface area contributed by atoms with E-state index >= 15 is 0 Å². The van der Waals surface area contributed by atoms with Crippen LogP contribution in [-0.4, -0.2) is 36.2 Å². The summed E-state index contributed by atoms with van der Waals surface area (Å²) in [7, 11) is 0. The van der Waals surface area contributed by atoms with Crippen LogP contribution in [0.5, 0.6) is 0 Å². The van der Waals surface area contributed by atoms with Gasteiger partial charge in [0, 0.05) is 25.6 Å². The first kappa shape index (κ1) is 12.0. The van der Waals surface area contributed by atoms with Gasteiger partial charge in [-0.05, 0) is 13.0 Å². The first-order valence-electron chi connectivity index (χ1n) is 6.20. The second-order valence-corrected chi connectivity index (χ2v) is 4.58. The van der Waals surface area contributed by atoms with Gasteiger partial charge in [0.25, 0.3) is 0 Å². The van der Waals surface area contributed by atoms with Crippen LogP contribution >= 0.6 is 0 Å². The molecule has 0 aromatic carbocycles. The number of hydrogen-bond acceptors (Lipinski definition) is 2. The molecular formula is C12H25NO. The number of nitrogens with zero attached hydrogens (tertiary/aromatic N) is 1. The number of unbranched alkanes of at least 4 members (excludes halogenated alkanes) is 5. The molecule has 1 rings (SSSR count). The Bertz CT molecular complexity index is 132. The average molecular weight is 199 g/mol. The molecule has 1 aliphatic heterocycles. The molecule has 1 fully saturated rings. The summed E-state index contributed by atoms with van der Waals surface area (Å²) in [6, 6.07) is 0. The number of aliphatic hydroxyl groups is 1. The molecule has 0 bridgehead atoms. The van der Waals surface area contributed by atoms with Crippen molar-refractivity contribution in [2.75, 3.05) is 26.2 Å². The minimum atomic E-state index is 0.382. The van der Waals surface area contributed by atoms with Crippen LogP contribution in [0.15, 0.2) is 0 Å². The molecule has 0 radical (unpaired) electrons. The Morgan fingerprint density at radius 1 is 1.07 bits per heavy atom. The van der Waals surface area contributed by atoms with Crippen LogP contribution in [0.25, 0.3) is 0 Å². The van der Waals surface area contributed by atoms with Crippen LogP contribution in [-0.2, 0) is 0 Å². The molecule has 0 aromatic rings. The highest BCUT2D eigenvalue weighted by Crippen LogP contribution is 2.15. The Hall–Kier alpha value is -0.0800. The largest absolute Gasteiger partial charge is 0.396 e. The zero-order valence-electron chi connectivity index (χ0n) is 9.54. The first-order chi connectivity index (χ1) is 6.86. The van der Waals surface area contributed by atoms with Crippen LogP contribution in [0.2, 0.25) is 0 Å². The SMILES string of the molecule is CCCCCCCCN1CC(CO)C1. The maximum atomic E-state index is 8.85. The normalized spacial score (nSPS) is 18.4. The van der Waals surface area contributed by atoms with Crippen LogP contribution in [0.3, 0.4) is 0 Å². The van der Waals surface area contributed by atoms with Gasteiger partial charge in [-0.1, -0.05) is 39.0 Å². The average Bonchev–Trinajstić information content (AvgIpc) is 2.14. The smallest absolute Gasteiger partial charge is 0.0483 e. The number of rotatable bonds is 8. The van der Waals surface area contributed by atoms with Crippen molar-refractivity contribution in [2.45, 2.75) is 45.4 Å². The molecule has 0 aromatic heterocycles. The molecule has 1 aliphatic rings. The third kappa shape index (κ3) is 4.43. The van der Waals surface area contributed by atoms with Gasteiger partial charge in [-0.15, -0.1) is 0 Å². The molecule has 2 heteroatoms. The topological polar surface area (TPSA) is 23.5 Å². The molecule has 1 N–H and O–H groups in total. The quantitative estimate of drug-likeness (QED) is 0.606. The minimum Gasteiger partial charge on any atom is -0.396 e. The van der Waals surface area contributed by atoms with E-state index in [2.05, 4.69) is 11.8 Å². The van der Waals surface area contributed by atoms with Gasteiger partial charge in [0.05, 0.1) is 0 Å². The molecule has 1 heterocycles. The first-order valence-corrected chi connectivity index (χ1v) is 6.20. The molecular weight excluding hydrogens is 174 g/mol. The lowest BCUT2D eigenvalue weighted by Crippen LogP contribution is -2.48. The second-order valence-electron chi connectivity index (χ2n) is 4.58. The van der Waals surface area contributed by atoms with Crippen LogP contribution in [0.4, 0.5) is 0 Å². The van der Waals surface area contributed by atoms with Crippen molar-refractivity contribution in [1.29, 1.82) is 0 Å². The summed E-state index contributed by atoms with van der Waals surface area (Å²) < 4.78 is 0. The van der Waals surface area contributed by atoms with E-state index in [0.29, 0.717) is 12.5 Å². The second kappa shape index (κ2) is 7.24. The van der Waals surface area contributed by atoms with Crippen LogP contribution < -0.4 is 0 Å². The van der Waals surface area contributed by atoms with Crippen molar-refractivity contribution in [2.24, 2.45) is 5.92 Å². The summed E-state index contributed by atoms with van der Waals surface area (Å²) in [6.45, 7) is 6.15. The fraction of sp³-hybridized carbons (Fsp3) is 1.00. The van der Waals surface area contributed by atoms with Crippen molar-refractivity contribution in [1.82, 2.24) is 4.90 Å². The van der Waals surface area contributed by atoms with Crippen molar-refractivity contribution < 1.29 is 5.11 Å². The monoisotopic (exact) mass is 199 g/mol. The van der Waals surface area contributed by atoms with Crippen molar-refractivity contribution in [3.63, 3.8) is 0 Å². The van der Waals surface area contributed by atoms with E-state index in [9.17, 15) is 0 Å². The number of likely N-dealkylation sites (tertiary alicyclic amines) is 1. The summed E-state index contributed by atoms with van der Waals surface area (Å²) in [5, 5.41) is 8.85. The van der Waals surface area contributed by atoms with E-state index in [-0.39, 0.29) is 0 Å². The van der Waals surface area contributed by atoms with E-state index in [1.807, 2.05) is 0 Å². The molecule has 14 heavy (non-hydrogen) atoms. The van der Waals surface area contributed by atoms with E-state index in [0.717, 1.165) is 13.1 Å². The van der Waals surface area contributed by atoms with Gasteiger partial charge in [-0.2, -0.15) is 0 Å². The van der Waals surface area contributed by atoms with Crippen LogP contribution in [0, 0.1) is 5.92 Å². The van der Waals surface area contributed by atoms with Gasteiger partial charge in [-0.25, -0.2) is 0 Å². The van der Waals surface area contributed by atoms with Crippen molar-refractivity contribution in [3.8, 4) is 0 Å². The summed E-state index contributed by atoms with van der Waals surface area (Å²) >= 11 is 0. The maximum absolute atomic E-state index is 8.85. The van der Waals surface area contributed by atoms with E-state index < -0.39 is 0 Å². The summed E-state index contributed by atoms with van der Waals surface area (Å²) in [5.74, 6) is 0.579. The molecule has 84 valence electrons. The number of hydrogen-bond donors (Lipinski definition) is 1. The fourth-order valence-electron chi connectivity index (χ4n) is 2.09. The van der Waals surface area contributed by atoms with E-state index in [1.54, 1.807) is 0 Å². The fourth-order valence-corrected chi connectivity index (χ4v) is 2.09.